The minimum absolute atomic E-state index is 0.399. The maximum Gasteiger partial charge on any atom is 0.202 e. The predicted octanol–water partition coefficient (Wildman–Crippen LogP) is -0.631. The van der Waals surface area contributed by atoms with Gasteiger partial charge in [-0.1, -0.05) is 5.92 Å². The molecule has 22 heavy (non-hydrogen) atoms. The second-order valence-corrected chi connectivity index (χ2v) is 5.62. The first-order valence-corrected chi connectivity index (χ1v) is 6.85. The van der Waals surface area contributed by atoms with Gasteiger partial charge in [0.2, 0.25) is 5.60 Å². The predicted molar refractivity (Wildman–Crippen MR) is 76.8 cm³/mol. The van der Waals surface area contributed by atoms with Crippen LogP contribution in [0.15, 0.2) is 18.5 Å². The molecule has 7 heteroatoms. The van der Waals surface area contributed by atoms with E-state index >= 15 is 0 Å². The van der Waals surface area contributed by atoms with Gasteiger partial charge in [0, 0.05) is 0 Å². The van der Waals surface area contributed by atoms with Crippen molar-refractivity contribution in [2.45, 2.75) is 37.3 Å². The zero-order valence-electron chi connectivity index (χ0n) is 12.3. The lowest BCUT2D eigenvalue weighted by molar-refractivity contribution is -0.108. The molecule has 1 fully saturated rings. The monoisotopic (exact) mass is 303 g/mol. The molecule has 0 amide bonds. The molecule has 116 valence electrons. The summed E-state index contributed by atoms with van der Waals surface area (Å²) in [5.74, 6) is 2.45. The SMILES string of the molecule is C#C[C@@]1(c2ccc3c(C)ncnn23)O[C@H](CO)[C@@H](O)[C@@]1(C)O. The van der Waals surface area contributed by atoms with Crippen molar-refractivity contribution in [3.05, 3.63) is 29.8 Å². The van der Waals surface area contributed by atoms with Gasteiger partial charge >= 0.3 is 0 Å². The summed E-state index contributed by atoms with van der Waals surface area (Å²) >= 11 is 0. The Morgan fingerprint density at radius 2 is 2.23 bits per heavy atom. The van der Waals surface area contributed by atoms with Crippen LogP contribution < -0.4 is 0 Å². The van der Waals surface area contributed by atoms with E-state index in [0.717, 1.165) is 5.69 Å². The molecule has 0 aromatic carbocycles. The molecule has 0 aliphatic carbocycles. The Balaban J connectivity index is 2.27. The van der Waals surface area contributed by atoms with Crippen molar-refractivity contribution in [2.24, 2.45) is 0 Å². The minimum Gasteiger partial charge on any atom is -0.394 e. The summed E-state index contributed by atoms with van der Waals surface area (Å²) in [6.07, 6.45) is 4.72. The van der Waals surface area contributed by atoms with Crippen LogP contribution >= 0.6 is 0 Å². The maximum atomic E-state index is 10.8. The van der Waals surface area contributed by atoms with Crippen molar-refractivity contribution >= 4 is 5.52 Å². The summed E-state index contributed by atoms with van der Waals surface area (Å²) in [7, 11) is 0. The van der Waals surface area contributed by atoms with Gasteiger partial charge < -0.3 is 20.1 Å². The molecule has 0 radical (unpaired) electrons. The summed E-state index contributed by atoms with van der Waals surface area (Å²) in [5, 5.41) is 34.5. The standard InChI is InChI=1S/C15H17N3O4/c1-4-15(14(3,21)13(20)11(7-19)22-15)12-6-5-10-9(2)16-8-17-18(10)12/h1,5-6,8,11,13,19-21H,7H2,2-3H3/t11-,13-,14-,15+/m1/s1. The molecular weight excluding hydrogens is 286 g/mol. The lowest BCUT2D eigenvalue weighted by atomic mass is 9.80. The Kier molecular flexibility index (Phi) is 3.23. The van der Waals surface area contributed by atoms with Crippen molar-refractivity contribution in [3.63, 3.8) is 0 Å². The van der Waals surface area contributed by atoms with Gasteiger partial charge in [-0.3, -0.25) is 0 Å². The van der Waals surface area contributed by atoms with Gasteiger partial charge in [-0.05, 0) is 26.0 Å². The molecule has 1 aliphatic heterocycles. The number of aliphatic hydroxyl groups is 3. The first kappa shape index (κ1) is 14.9. The van der Waals surface area contributed by atoms with Crippen molar-refractivity contribution in [3.8, 4) is 12.3 Å². The van der Waals surface area contributed by atoms with Crippen LogP contribution in [0, 0.1) is 19.3 Å². The van der Waals surface area contributed by atoms with Crippen LogP contribution in [0.4, 0.5) is 0 Å². The number of aromatic nitrogens is 3. The second kappa shape index (κ2) is 4.76. The fourth-order valence-electron chi connectivity index (χ4n) is 3.02. The van der Waals surface area contributed by atoms with Gasteiger partial charge in [0.25, 0.3) is 0 Å². The highest BCUT2D eigenvalue weighted by Gasteiger charge is 2.63. The van der Waals surface area contributed by atoms with Crippen molar-refractivity contribution in [1.82, 2.24) is 14.6 Å². The number of fused-ring (bicyclic) bond motifs is 1. The molecule has 1 saturated heterocycles. The van der Waals surface area contributed by atoms with Crippen LogP contribution in [0.3, 0.4) is 0 Å². The zero-order valence-corrected chi connectivity index (χ0v) is 12.3. The molecule has 3 rings (SSSR count). The highest BCUT2D eigenvalue weighted by molar-refractivity contribution is 5.54. The van der Waals surface area contributed by atoms with Crippen LogP contribution in [-0.2, 0) is 10.3 Å². The summed E-state index contributed by atoms with van der Waals surface area (Å²) in [6.45, 7) is 2.75. The number of ether oxygens (including phenoxy) is 1. The van der Waals surface area contributed by atoms with E-state index in [-0.39, 0.29) is 0 Å². The third-order valence-electron chi connectivity index (χ3n) is 4.36. The Labute approximate surface area is 127 Å². The Morgan fingerprint density at radius 3 is 2.82 bits per heavy atom. The number of hydrogen-bond acceptors (Lipinski definition) is 6. The van der Waals surface area contributed by atoms with E-state index in [4.69, 9.17) is 11.2 Å². The molecule has 1 aliphatic rings. The van der Waals surface area contributed by atoms with Gasteiger partial charge in [-0.15, -0.1) is 6.42 Å². The third-order valence-corrected chi connectivity index (χ3v) is 4.36. The first-order chi connectivity index (χ1) is 10.4. The third kappa shape index (κ3) is 1.66. The van der Waals surface area contributed by atoms with Gasteiger partial charge in [0.15, 0.2) is 0 Å². The van der Waals surface area contributed by atoms with E-state index in [1.807, 2.05) is 6.92 Å². The smallest absolute Gasteiger partial charge is 0.202 e. The van der Waals surface area contributed by atoms with Gasteiger partial charge in [0.05, 0.1) is 23.5 Å². The van der Waals surface area contributed by atoms with Crippen molar-refractivity contribution in [2.75, 3.05) is 6.61 Å². The normalized spacial score (nSPS) is 34.9. The fourth-order valence-corrected chi connectivity index (χ4v) is 3.02. The van der Waals surface area contributed by atoms with Gasteiger partial charge in [0.1, 0.15) is 24.1 Å². The summed E-state index contributed by atoms with van der Waals surface area (Å²) in [5.41, 5.74) is -1.57. The first-order valence-electron chi connectivity index (χ1n) is 6.85. The van der Waals surface area contributed by atoms with E-state index in [1.54, 1.807) is 12.1 Å². The van der Waals surface area contributed by atoms with E-state index in [0.29, 0.717) is 11.2 Å². The molecule has 4 atom stereocenters. The van der Waals surface area contributed by atoms with Crippen molar-refractivity contribution in [1.29, 1.82) is 0 Å². The molecule has 0 unspecified atom stereocenters. The number of hydrogen-bond donors (Lipinski definition) is 3. The molecule has 2 aromatic rings. The van der Waals surface area contributed by atoms with Crippen molar-refractivity contribution < 1.29 is 20.1 Å². The van der Waals surface area contributed by atoms with Crippen LogP contribution in [-0.4, -0.2) is 54.3 Å². The lowest BCUT2D eigenvalue weighted by Crippen LogP contribution is -2.52. The Morgan fingerprint density at radius 1 is 1.50 bits per heavy atom. The van der Waals surface area contributed by atoms with Crippen LogP contribution in [0.5, 0.6) is 0 Å². The maximum absolute atomic E-state index is 10.8. The van der Waals surface area contributed by atoms with Crippen LogP contribution in [0.1, 0.15) is 18.3 Å². The number of nitrogens with zero attached hydrogens (tertiary/aromatic N) is 3. The quantitative estimate of drug-likeness (QED) is 0.639. The Hall–Kier alpha value is -1.98. The van der Waals surface area contributed by atoms with E-state index in [9.17, 15) is 15.3 Å². The molecule has 3 N–H and O–H groups in total. The Bertz CT molecular complexity index is 764. The number of rotatable bonds is 2. The number of aliphatic hydroxyl groups excluding tert-OH is 2. The molecule has 0 spiro atoms. The van der Waals surface area contributed by atoms with E-state index in [1.165, 1.54) is 17.8 Å². The van der Waals surface area contributed by atoms with Crippen LogP contribution in [0.2, 0.25) is 0 Å². The van der Waals surface area contributed by atoms with E-state index in [2.05, 4.69) is 16.0 Å². The molecule has 0 saturated carbocycles. The lowest BCUT2D eigenvalue weighted by Gasteiger charge is -2.34. The average Bonchev–Trinajstić information content (AvgIpc) is 3.01. The van der Waals surface area contributed by atoms with Gasteiger partial charge in [-0.2, -0.15) is 5.10 Å². The fraction of sp³-hybridized carbons (Fsp3) is 0.467. The largest absolute Gasteiger partial charge is 0.394 e. The summed E-state index contributed by atoms with van der Waals surface area (Å²) < 4.78 is 7.23. The topological polar surface area (TPSA) is 100 Å². The second-order valence-electron chi connectivity index (χ2n) is 5.62. The molecular formula is C15H17N3O4. The molecule has 7 nitrogen and oxygen atoms in total. The number of aryl methyl sites for hydroxylation is 1. The highest BCUT2D eigenvalue weighted by Crippen LogP contribution is 2.46. The zero-order chi connectivity index (χ0) is 16.1. The number of terminal acetylenes is 1. The molecule has 3 heterocycles. The minimum atomic E-state index is -1.79. The molecule has 0 bridgehead atoms. The van der Waals surface area contributed by atoms with Gasteiger partial charge in [-0.25, -0.2) is 9.50 Å². The van der Waals surface area contributed by atoms with Crippen LogP contribution in [0.25, 0.3) is 5.52 Å². The average molecular weight is 303 g/mol. The van der Waals surface area contributed by atoms with E-state index < -0.39 is 30.0 Å². The molecule has 2 aromatic heterocycles. The summed E-state index contributed by atoms with van der Waals surface area (Å²) in [6, 6.07) is 3.44. The summed E-state index contributed by atoms with van der Waals surface area (Å²) in [4.78, 5) is 4.10. The highest BCUT2D eigenvalue weighted by atomic mass is 16.6.